The first kappa shape index (κ1) is 13.9. The zero-order chi connectivity index (χ0) is 14.5. The van der Waals surface area contributed by atoms with E-state index in [4.69, 9.17) is 9.15 Å². The summed E-state index contributed by atoms with van der Waals surface area (Å²) in [6.45, 7) is 0.343. The highest BCUT2D eigenvalue weighted by molar-refractivity contribution is 5.87. The maximum Gasteiger partial charge on any atom is 0.374 e. The Hall–Kier alpha value is -2.50. The summed E-state index contributed by atoms with van der Waals surface area (Å²) >= 11 is 0. The van der Waals surface area contributed by atoms with Crippen LogP contribution in [0, 0.1) is 5.82 Å². The third-order valence-electron chi connectivity index (χ3n) is 2.75. The monoisotopic (exact) mass is 279 g/mol. The van der Waals surface area contributed by atoms with Crippen molar-refractivity contribution in [1.29, 1.82) is 0 Å². The van der Waals surface area contributed by atoms with Gasteiger partial charge in [-0.1, -0.05) is 0 Å². The first-order chi connectivity index (χ1) is 9.65. The van der Waals surface area contributed by atoms with E-state index in [0.29, 0.717) is 17.8 Å². The minimum atomic E-state index is -0.538. The fourth-order valence-corrected chi connectivity index (χ4v) is 1.71. The summed E-state index contributed by atoms with van der Waals surface area (Å²) in [6.07, 6.45) is 1.41. The van der Waals surface area contributed by atoms with Gasteiger partial charge >= 0.3 is 5.97 Å². The summed E-state index contributed by atoms with van der Waals surface area (Å²) in [7, 11) is 2.68. The number of esters is 1. The van der Waals surface area contributed by atoms with Crippen LogP contribution in [0.1, 0.15) is 16.1 Å². The predicted molar refractivity (Wildman–Crippen MR) is 70.3 cm³/mol. The molecule has 0 aliphatic carbocycles. The maximum atomic E-state index is 13.3. The Bertz CT molecular complexity index is 609. The molecular formula is C14H14FNO4. The fourth-order valence-electron chi connectivity index (χ4n) is 1.71. The average Bonchev–Trinajstić information content (AvgIpc) is 2.94. The molecule has 2 aromatic rings. The van der Waals surface area contributed by atoms with Crippen molar-refractivity contribution in [3.05, 3.63) is 47.7 Å². The molecule has 5 nitrogen and oxygen atoms in total. The van der Waals surface area contributed by atoms with Gasteiger partial charge in [0.1, 0.15) is 0 Å². The topological polar surface area (TPSA) is 60.7 Å². The van der Waals surface area contributed by atoms with Gasteiger partial charge in [-0.15, -0.1) is 0 Å². The van der Waals surface area contributed by atoms with Gasteiger partial charge in [-0.25, -0.2) is 9.18 Å². The molecule has 106 valence electrons. The molecule has 0 bridgehead atoms. The van der Waals surface area contributed by atoms with Crippen LogP contribution in [-0.2, 0) is 11.3 Å². The van der Waals surface area contributed by atoms with Gasteiger partial charge in [0.2, 0.25) is 5.76 Å². The van der Waals surface area contributed by atoms with Crippen molar-refractivity contribution in [2.24, 2.45) is 0 Å². The molecule has 0 unspecified atom stereocenters. The van der Waals surface area contributed by atoms with E-state index in [9.17, 15) is 9.18 Å². The molecule has 0 fully saturated rings. The van der Waals surface area contributed by atoms with E-state index < -0.39 is 11.8 Å². The normalized spacial score (nSPS) is 10.2. The van der Waals surface area contributed by atoms with Crippen LogP contribution >= 0.6 is 0 Å². The maximum absolute atomic E-state index is 13.3. The van der Waals surface area contributed by atoms with Crippen molar-refractivity contribution in [3.8, 4) is 5.75 Å². The summed E-state index contributed by atoms with van der Waals surface area (Å²) in [6, 6.07) is 6.08. The third-order valence-corrected chi connectivity index (χ3v) is 2.75. The van der Waals surface area contributed by atoms with Crippen molar-refractivity contribution in [2.45, 2.75) is 6.54 Å². The van der Waals surface area contributed by atoms with E-state index in [2.05, 4.69) is 10.1 Å². The molecule has 0 amide bonds. The number of methoxy groups -OCH3 is 2. The second-order valence-electron chi connectivity index (χ2n) is 3.97. The van der Waals surface area contributed by atoms with Crippen molar-refractivity contribution in [2.75, 3.05) is 19.5 Å². The molecule has 0 aliphatic rings. The van der Waals surface area contributed by atoms with Crippen LogP contribution < -0.4 is 10.1 Å². The summed E-state index contributed by atoms with van der Waals surface area (Å²) in [5.41, 5.74) is 1.32. The number of benzene rings is 1. The van der Waals surface area contributed by atoms with E-state index in [-0.39, 0.29) is 11.5 Å². The molecule has 0 atom stereocenters. The van der Waals surface area contributed by atoms with E-state index in [1.807, 2.05) is 0 Å². The minimum absolute atomic E-state index is 0.147. The summed E-state index contributed by atoms with van der Waals surface area (Å²) in [5.74, 6) is -0.676. The Kier molecular flexibility index (Phi) is 4.24. The Balaban J connectivity index is 2.09. The molecule has 1 heterocycles. The molecule has 6 heteroatoms. The van der Waals surface area contributed by atoms with Crippen LogP contribution in [0.4, 0.5) is 10.1 Å². The number of hydrogen-bond donors (Lipinski definition) is 1. The van der Waals surface area contributed by atoms with Gasteiger partial charge in [0.05, 0.1) is 20.5 Å². The lowest BCUT2D eigenvalue weighted by molar-refractivity contribution is 0.0563. The minimum Gasteiger partial charge on any atom is -0.494 e. The molecule has 1 aromatic heterocycles. The lowest BCUT2D eigenvalue weighted by Crippen LogP contribution is -2.07. The standard InChI is InChI=1S/C14H14FNO4/c1-18-12-7-10(3-4-11(12)15)16-8-9-5-6-20-13(9)14(17)19-2/h3-7,16H,8H2,1-2H3. The zero-order valence-electron chi connectivity index (χ0n) is 11.1. The number of anilines is 1. The van der Waals surface area contributed by atoms with Gasteiger partial charge in [-0.05, 0) is 18.2 Å². The first-order valence-corrected chi connectivity index (χ1v) is 5.87. The van der Waals surface area contributed by atoms with Gasteiger partial charge in [0, 0.05) is 23.9 Å². The highest BCUT2D eigenvalue weighted by Gasteiger charge is 2.15. The number of ether oxygens (including phenoxy) is 2. The van der Waals surface area contributed by atoms with Gasteiger partial charge in [0.15, 0.2) is 11.6 Å². The third kappa shape index (κ3) is 2.90. The molecule has 1 aromatic carbocycles. The number of furan rings is 1. The summed E-state index contributed by atoms with van der Waals surface area (Å²) in [4.78, 5) is 11.4. The predicted octanol–water partition coefficient (Wildman–Crippen LogP) is 2.83. The van der Waals surface area contributed by atoms with Crippen LogP contribution in [-0.4, -0.2) is 20.2 Å². The molecule has 2 rings (SSSR count). The molecule has 20 heavy (non-hydrogen) atoms. The smallest absolute Gasteiger partial charge is 0.374 e. The zero-order valence-corrected chi connectivity index (χ0v) is 11.1. The van der Waals surface area contributed by atoms with E-state index in [0.717, 1.165) is 0 Å². The number of halogens is 1. The summed E-state index contributed by atoms with van der Waals surface area (Å²) in [5, 5.41) is 3.05. The Labute approximate surface area is 115 Å². The lowest BCUT2D eigenvalue weighted by atomic mass is 10.2. The summed E-state index contributed by atoms with van der Waals surface area (Å²) < 4.78 is 27.8. The Morgan fingerprint density at radius 1 is 1.35 bits per heavy atom. The van der Waals surface area contributed by atoms with Crippen molar-refractivity contribution < 1.29 is 23.1 Å². The van der Waals surface area contributed by atoms with Gasteiger partial charge in [-0.2, -0.15) is 0 Å². The van der Waals surface area contributed by atoms with Gasteiger partial charge in [0.25, 0.3) is 0 Å². The SMILES string of the molecule is COC(=O)c1occc1CNc1ccc(F)c(OC)c1. The van der Waals surface area contributed by atoms with Crippen LogP contribution in [0.25, 0.3) is 0 Å². The van der Waals surface area contributed by atoms with Crippen molar-refractivity contribution in [1.82, 2.24) is 0 Å². The molecule has 0 radical (unpaired) electrons. The first-order valence-electron chi connectivity index (χ1n) is 5.87. The van der Waals surface area contributed by atoms with E-state index >= 15 is 0 Å². The average molecular weight is 279 g/mol. The van der Waals surface area contributed by atoms with Crippen LogP contribution in [0.5, 0.6) is 5.75 Å². The molecule has 1 N–H and O–H groups in total. The highest BCUT2D eigenvalue weighted by atomic mass is 19.1. The quantitative estimate of drug-likeness (QED) is 0.853. The van der Waals surface area contributed by atoms with Crippen LogP contribution in [0.3, 0.4) is 0 Å². The van der Waals surface area contributed by atoms with Crippen LogP contribution in [0.15, 0.2) is 34.9 Å². The van der Waals surface area contributed by atoms with Gasteiger partial charge < -0.3 is 19.2 Å². The molecule has 0 aliphatic heterocycles. The second kappa shape index (κ2) is 6.10. The Morgan fingerprint density at radius 3 is 2.85 bits per heavy atom. The fraction of sp³-hybridized carbons (Fsp3) is 0.214. The Morgan fingerprint density at radius 2 is 2.15 bits per heavy atom. The van der Waals surface area contributed by atoms with Crippen LogP contribution in [0.2, 0.25) is 0 Å². The molecule has 0 saturated heterocycles. The van der Waals surface area contributed by atoms with Crippen molar-refractivity contribution in [3.63, 3.8) is 0 Å². The molecule has 0 spiro atoms. The number of hydrogen-bond acceptors (Lipinski definition) is 5. The molecular weight excluding hydrogens is 265 g/mol. The highest BCUT2D eigenvalue weighted by Crippen LogP contribution is 2.22. The number of carbonyl (C=O) groups excluding carboxylic acids is 1. The van der Waals surface area contributed by atoms with Gasteiger partial charge in [-0.3, -0.25) is 0 Å². The van der Waals surface area contributed by atoms with E-state index in [1.54, 1.807) is 12.1 Å². The lowest BCUT2D eigenvalue weighted by Gasteiger charge is -2.08. The number of nitrogens with one attached hydrogen (secondary N) is 1. The van der Waals surface area contributed by atoms with Crippen molar-refractivity contribution >= 4 is 11.7 Å². The largest absolute Gasteiger partial charge is 0.494 e. The number of carbonyl (C=O) groups is 1. The molecule has 0 saturated carbocycles. The van der Waals surface area contributed by atoms with E-state index in [1.165, 1.54) is 32.6 Å². The second-order valence-corrected chi connectivity index (χ2v) is 3.97. The number of rotatable bonds is 5.